The molecule has 16 heavy (non-hydrogen) atoms. The summed E-state index contributed by atoms with van der Waals surface area (Å²) in [7, 11) is 1.77. The third-order valence-electron chi connectivity index (χ3n) is 2.38. The van der Waals surface area contributed by atoms with Gasteiger partial charge in [0.05, 0.1) is 0 Å². The number of aromatic hydroxyl groups is 1. The smallest absolute Gasteiger partial charge is 0.222 e. The average molecular weight is 222 g/mol. The predicted molar refractivity (Wildman–Crippen MR) is 62.9 cm³/mol. The van der Waals surface area contributed by atoms with Gasteiger partial charge in [-0.15, -0.1) is 0 Å². The Kier molecular flexibility index (Phi) is 4.79. The van der Waals surface area contributed by atoms with Crippen LogP contribution in [0.1, 0.15) is 18.4 Å². The quantitative estimate of drug-likeness (QED) is 0.783. The van der Waals surface area contributed by atoms with Crippen LogP contribution in [0.25, 0.3) is 0 Å². The van der Waals surface area contributed by atoms with Gasteiger partial charge >= 0.3 is 0 Å². The highest BCUT2D eigenvalue weighted by atomic mass is 16.3. The molecule has 4 heteroatoms. The second-order valence-corrected chi connectivity index (χ2v) is 3.81. The lowest BCUT2D eigenvalue weighted by Crippen LogP contribution is -2.26. The van der Waals surface area contributed by atoms with E-state index in [0.717, 1.165) is 12.0 Å². The summed E-state index contributed by atoms with van der Waals surface area (Å²) in [6, 6.07) is 6.85. The Hall–Kier alpha value is -1.55. The van der Waals surface area contributed by atoms with Gasteiger partial charge in [-0.25, -0.2) is 0 Å². The van der Waals surface area contributed by atoms with Gasteiger partial charge in [-0.2, -0.15) is 0 Å². The molecule has 1 amide bonds. The van der Waals surface area contributed by atoms with Crippen molar-refractivity contribution in [3.05, 3.63) is 29.8 Å². The minimum atomic E-state index is 0.0959. The Morgan fingerprint density at radius 2 is 2.00 bits per heavy atom. The second-order valence-electron chi connectivity index (χ2n) is 3.81. The summed E-state index contributed by atoms with van der Waals surface area (Å²) in [4.78, 5) is 13.3. The molecule has 0 saturated heterocycles. The summed E-state index contributed by atoms with van der Waals surface area (Å²) in [6.07, 6.45) is 1.21. The number of hydrogen-bond acceptors (Lipinski definition) is 3. The molecule has 0 aromatic heterocycles. The lowest BCUT2D eigenvalue weighted by Gasteiger charge is -2.17. The molecule has 0 atom stereocenters. The van der Waals surface area contributed by atoms with E-state index in [1.165, 1.54) is 0 Å². The molecule has 1 rings (SSSR count). The van der Waals surface area contributed by atoms with Crippen LogP contribution in [0, 0.1) is 0 Å². The highest BCUT2D eigenvalue weighted by Crippen LogP contribution is 2.11. The van der Waals surface area contributed by atoms with E-state index in [1.54, 1.807) is 24.1 Å². The molecule has 4 nitrogen and oxygen atoms in total. The van der Waals surface area contributed by atoms with Crippen LogP contribution in [0.3, 0.4) is 0 Å². The standard InChI is InChI=1S/C12H18N2O2/c1-14(12(16)3-2-8-13)9-10-4-6-11(15)7-5-10/h4-7,15H,2-3,8-9,13H2,1H3. The van der Waals surface area contributed by atoms with E-state index in [-0.39, 0.29) is 11.7 Å². The number of rotatable bonds is 5. The topological polar surface area (TPSA) is 66.6 Å². The largest absolute Gasteiger partial charge is 0.508 e. The van der Waals surface area contributed by atoms with Gasteiger partial charge in [0.2, 0.25) is 5.91 Å². The number of carbonyl (C=O) groups excluding carboxylic acids is 1. The summed E-state index contributed by atoms with van der Waals surface area (Å²) in [5.41, 5.74) is 6.35. The lowest BCUT2D eigenvalue weighted by molar-refractivity contribution is -0.130. The highest BCUT2D eigenvalue weighted by Gasteiger charge is 2.08. The fourth-order valence-corrected chi connectivity index (χ4v) is 1.41. The van der Waals surface area contributed by atoms with Crippen LogP contribution in [0.2, 0.25) is 0 Å². The lowest BCUT2D eigenvalue weighted by atomic mass is 10.2. The van der Waals surface area contributed by atoms with E-state index in [4.69, 9.17) is 10.8 Å². The first kappa shape index (κ1) is 12.5. The minimum Gasteiger partial charge on any atom is -0.508 e. The number of carbonyl (C=O) groups is 1. The van der Waals surface area contributed by atoms with Crippen molar-refractivity contribution in [1.82, 2.24) is 4.90 Å². The molecule has 0 saturated carbocycles. The molecule has 0 fully saturated rings. The van der Waals surface area contributed by atoms with Crippen LogP contribution in [0.15, 0.2) is 24.3 Å². The van der Waals surface area contributed by atoms with Crippen molar-refractivity contribution in [2.24, 2.45) is 5.73 Å². The highest BCUT2D eigenvalue weighted by molar-refractivity contribution is 5.75. The van der Waals surface area contributed by atoms with Crippen LogP contribution in [0.5, 0.6) is 5.75 Å². The molecular formula is C12H18N2O2. The summed E-state index contributed by atoms with van der Waals surface area (Å²) in [5.74, 6) is 0.333. The molecule has 0 unspecified atom stereocenters. The Bertz CT molecular complexity index is 335. The van der Waals surface area contributed by atoms with Crippen LogP contribution in [-0.2, 0) is 11.3 Å². The van der Waals surface area contributed by atoms with Crippen molar-refractivity contribution in [2.45, 2.75) is 19.4 Å². The van der Waals surface area contributed by atoms with E-state index in [2.05, 4.69) is 0 Å². The molecule has 0 heterocycles. The van der Waals surface area contributed by atoms with Gasteiger partial charge in [-0.05, 0) is 30.7 Å². The molecule has 0 radical (unpaired) electrons. The third-order valence-corrected chi connectivity index (χ3v) is 2.38. The van der Waals surface area contributed by atoms with Gasteiger partial charge in [0, 0.05) is 20.0 Å². The van der Waals surface area contributed by atoms with Gasteiger partial charge in [-0.3, -0.25) is 4.79 Å². The summed E-state index contributed by atoms with van der Waals surface area (Å²) in [6.45, 7) is 1.10. The zero-order valence-corrected chi connectivity index (χ0v) is 9.52. The molecule has 88 valence electrons. The summed E-state index contributed by atoms with van der Waals surface area (Å²) < 4.78 is 0. The first-order valence-corrected chi connectivity index (χ1v) is 5.35. The first-order valence-electron chi connectivity index (χ1n) is 5.35. The maximum absolute atomic E-state index is 11.6. The minimum absolute atomic E-state index is 0.0959. The van der Waals surface area contributed by atoms with Gasteiger partial charge < -0.3 is 15.7 Å². The maximum atomic E-state index is 11.6. The van der Waals surface area contributed by atoms with Gasteiger partial charge in [0.15, 0.2) is 0 Å². The molecule has 1 aromatic carbocycles. The van der Waals surface area contributed by atoms with Crippen molar-refractivity contribution in [3.8, 4) is 5.75 Å². The Morgan fingerprint density at radius 1 is 1.38 bits per heavy atom. The Labute approximate surface area is 95.7 Å². The number of nitrogens with two attached hydrogens (primary N) is 1. The number of benzene rings is 1. The molecule has 3 N–H and O–H groups in total. The zero-order valence-electron chi connectivity index (χ0n) is 9.52. The molecule has 0 spiro atoms. The Morgan fingerprint density at radius 3 is 2.56 bits per heavy atom. The Balaban J connectivity index is 2.47. The predicted octanol–water partition coefficient (Wildman–Crippen LogP) is 1.09. The maximum Gasteiger partial charge on any atom is 0.222 e. The number of hydrogen-bond donors (Lipinski definition) is 2. The fraction of sp³-hybridized carbons (Fsp3) is 0.417. The number of amides is 1. The van der Waals surface area contributed by atoms with Gasteiger partial charge in [-0.1, -0.05) is 12.1 Å². The monoisotopic (exact) mass is 222 g/mol. The van der Waals surface area contributed by atoms with Crippen LogP contribution >= 0.6 is 0 Å². The molecule has 0 bridgehead atoms. The van der Waals surface area contributed by atoms with Crippen LogP contribution in [0.4, 0.5) is 0 Å². The molecule has 0 aliphatic heterocycles. The van der Waals surface area contributed by atoms with E-state index in [0.29, 0.717) is 19.5 Å². The van der Waals surface area contributed by atoms with Crippen LogP contribution < -0.4 is 5.73 Å². The van der Waals surface area contributed by atoms with Crippen LogP contribution in [-0.4, -0.2) is 29.5 Å². The van der Waals surface area contributed by atoms with Crippen molar-refractivity contribution in [1.29, 1.82) is 0 Å². The van der Waals surface area contributed by atoms with Crippen molar-refractivity contribution in [2.75, 3.05) is 13.6 Å². The molecule has 0 aliphatic rings. The molecule has 0 aliphatic carbocycles. The zero-order chi connectivity index (χ0) is 12.0. The third kappa shape index (κ3) is 3.90. The average Bonchev–Trinajstić information content (AvgIpc) is 2.29. The SMILES string of the molecule is CN(Cc1ccc(O)cc1)C(=O)CCCN. The van der Waals surface area contributed by atoms with E-state index in [1.807, 2.05) is 12.1 Å². The van der Waals surface area contributed by atoms with Crippen molar-refractivity contribution >= 4 is 5.91 Å². The van der Waals surface area contributed by atoms with E-state index in [9.17, 15) is 4.79 Å². The first-order chi connectivity index (χ1) is 7.63. The number of nitrogens with zero attached hydrogens (tertiary/aromatic N) is 1. The van der Waals surface area contributed by atoms with E-state index < -0.39 is 0 Å². The van der Waals surface area contributed by atoms with Gasteiger partial charge in [0.1, 0.15) is 5.75 Å². The molecule has 1 aromatic rings. The summed E-state index contributed by atoms with van der Waals surface area (Å²) in [5, 5.41) is 9.12. The summed E-state index contributed by atoms with van der Waals surface area (Å²) >= 11 is 0. The normalized spacial score (nSPS) is 10.1. The second kappa shape index (κ2) is 6.12. The number of phenolic OH excluding ortho intramolecular Hbond substituents is 1. The molecular weight excluding hydrogens is 204 g/mol. The van der Waals surface area contributed by atoms with Crippen molar-refractivity contribution in [3.63, 3.8) is 0 Å². The fourth-order valence-electron chi connectivity index (χ4n) is 1.41. The van der Waals surface area contributed by atoms with E-state index >= 15 is 0 Å². The van der Waals surface area contributed by atoms with Gasteiger partial charge in [0.25, 0.3) is 0 Å². The number of phenols is 1. The van der Waals surface area contributed by atoms with Crippen molar-refractivity contribution < 1.29 is 9.90 Å².